The molecule has 0 spiro atoms. The number of carbonyl (C=O) groups is 3. The molecule has 2 heterocycles. The summed E-state index contributed by atoms with van der Waals surface area (Å²) in [5.41, 5.74) is 3.72. The first kappa shape index (κ1) is 21.9. The zero-order chi connectivity index (χ0) is 22.7. The first-order valence-electron chi connectivity index (χ1n) is 11.1. The zero-order valence-electron chi connectivity index (χ0n) is 18.6. The molecule has 2 fully saturated rings. The van der Waals surface area contributed by atoms with Crippen LogP contribution in [0.25, 0.3) is 0 Å². The Morgan fingerprint density at radius 3 is 2.19 bits per heavy atom. The lowest BCUT2D eigenvalue weighted by Gasteiger charge is -2.36. The Bertz CT molecular complexity index is 979. The number of ether oxygens (including phenoxy) is 1. The summed E-state index contributed by atoms with van der Waals surface area (Å²) in [6.07, 6.45) is 0.192. The van der Waals surface area contributed by atoms with E-state index in [1.54, 1.807) is 11.8 Å². The van der Waals surface area contributed by atoms with Gasteiger partial charge >= 0.3 is 5.97 Å². The molecule has 168 valence electrons. The van der Waals surface area contributed by atoms with Crippen molar-refractivity contribution in [3.05, 3.63) is 59.7 Å². The molecule has 2 aliphatic heterocycles. The summed E-state index contributed by atoms with van der Waals surface area (Å²) >= 11 is 0. The lowest BCUT2D eigenvalue weighted by atomic mass is 10.1. The molecule has 0 saturated carbocycles. The highest BCUT2D eigenvalue weighted by Gasteiger charge is 2.36. The Labute approximate surface area is 188 Å². The largest absolute Gasteiger partial charge is 0.466 e. The molecule has 0 unspecified atom stereocenters. The number of rotatable bonds is 5. The monoisotopic (exact) mass is 435 g/mol. The van der Waals surface area contributed by atoms with Gasteiger partial charge in [0.05, 0.1) is 12.5 Å². The van der Waals surface area contributed by atoms with Gasteiger partial charge in [0.15, 0.2) is 0 Å². The molecule has 2 aliphatic rings. The topological polar surface area (TPSA) is 70.2 Å². The van der Waals surface area contributed by atoms with E-state index in [0.29, 0.717) is 26.2 Å². The number of carbonyl (C=O) groups excluding carboxylic acids is 3. The number of aryl methyl sites for hydroxylation is 1. The molecular weight excluding hydrogens is 406 g/mol. The van der Waals surface area contributed by atoms with Gasteiger partial charge in [-0.2, -0.15) is 0 Å². The van der Waals surface area contributed by atoms with Crippen LogP contribution in [0.5, 0.6) is 0 Å². The minimum absolute atomic E-state index is 0.0564. The smallest absolute Gasteiger partial charge is 0.311 e. The highest BCUT2D eigenvalue weighted by atomic mass is 16.5. The molecule has 0 radical (unpaired) electrons. The first-order chi connectivity index (χ1) is 15.5. The van der Waals surface area contributed by atoms with Gasteiger partial charge in [0, 0.05) is 56.1 Å². The summed E-state index contributed by atoms with van der Waals surface area (Å²) in [7, 11) is 0. The second kappa shape index (κ2) is 9.42. The van der Waals surface area contributed by atoms with Crippen molar-refractivity contribution >= 4 is 29.2 Å². The summed E-state index contributed by atoms with van der Waals surface area (Å²) in [5.74, 6) is -0.693. The van der Waals surface area contributed by atoms with Crippen LogP contribution in [0.4, 0.5) is 11.4 Å². The van der Waals surface area contributed by atoms with Crippen molar-refractivity contribution in [1.29, 1.82) is 0 Å². The van der Waals surface area contributed by atoms with E-state index in [4.69, 9.17) is 4.74 Å². The van der Waals surface area contributed by atoms with Gasteiger partial charge in [-0.25, -0.2) is 0 Å². The van der Waals surface area contributed by atoms with Crippen LogP contribution in [0.15, 0.2) is 48.5 Å². The van der Waals surface area contributed by atoms with Crippen LogP contribution in [0.2, 0.25) is 0 Å². The van der Waals surface area contributed by atoms with Gasteiger partial charge < -0.3 is 19.4 Å². The van der Waals surface area contributed by atoms with Gasteiger partial charge in [-0.3, -0.25) is 14.4 Å². The average molecular weight is 436 g/mol. The Kier molecular flexibility index (Phi) is 6.44. The summed E-state index contributed by atoms with van der Waals surface area (Å²) in [6, 6.07) is 15.5. The molecule has 0 bridgehead atoms. The van der Waals surface area contributed by atoms with Crippen LogP contribution in [-0.2, 0) is 14.3 Å². The number of amides is 2. The van der Waals surface area contributed by atoms with Crippen LogP contribution in [-0.4, -0.2) is 62.0 Å². The van der Waals surface area contributed by atoms with Crippen molar-refractivity contribution in [3.63, 3.8) is 0 Å². The molecule has 0 aromatic heterocycles. The van der Waals surface area contributed by atoms with E-state index in [-0.39, 0.29) is 24.2 Å². The molecule has 7 nitrogen and oxygen atoms in total. The Balaban J connectivity index is 1.34. The first-order valence-corrected chi connectivity index (χ1v) is 11.1. The number of piperazine rings is 1. The normalized spacial score (nSPS) is 18.8. The van der Waals surface area contributed by atoms with E-state index in [2.05, 4.69) is 4.90 Å². The number of nitrogens with zero attached hydrogens (tertiary/aromatic N) is 3. The van der Waals surface area contributed by atoms with Crippen molar-refractivity contribution in [2.45, 2.75) is 20.3 Å². The third-order valence-electron chi connectivity index (χ3n) is 6.14. The molecule has 2 amide bonds. The summed E-state index contributed by atoms with van der Waals surface area (Å²) in [4.78, 5) is 42.9. The van der Waals surface area contributed by atoms with Crippen LogP contribution in [0, 0.1) is 12.8 Å². The minimum atomic E-state index is -0.402. The number of anilines is 2. The number of hydrogen-bond donors (Lipinski definition) is 0. The van der Waals surface area contributed by atoms with E-state index in [1.807, 2.05) is 60.4 Å². The standard InChI is InChI=1S/C25H29N3O4/c1-3-32-25(31)20-16-23(29)28(17-20)22-10-8-21(9-11-22)26-12-14-27(15-13-26)24(30)19-6-4-18(2)5-7-19/h4-11,20H,3,12-17H2,1-2H3/t20-/m0/s1. The third-order valence-corrected chi connectivity index (χ3v) is 6.14. The number of esters is 1. The highest BCUT2D eigenvalue weighted by Crippen LogP contribution is 2.28. The summed E-state index contributed by atoms with van der Waals surface area (Å²) in [5, 5.41) is 0. The molecule has 1 atom stereocenters. The van der Waals surface area contributed by atoms with Crippen LogP contribution in [0.1, 0.15) is 29.3 Å². The van der Waals surface area contributed by atoms with Gasteiger partial charge in [-0.1, -0.05) is 17.7 Å². The van der Waals surface area contributed by atoms with Crippen molar-refractivity contribution in [1.82, 2.24) is 4.90 Å². The summed E-state index contributed by atoms with van der Waals surface area (Å²) < 4.78 is 5.06. The fourth-order valence-corrected chi connectivity index (χ4v) is 4.26. The third kappa shape index (κ3) is 4.61. The van der Waals surface area contributed by atoms with Crippen LogP contribution < -0.4 is 9.80 Å². The number of benzene rings is 2. The number of hydrogen-bond acceptors (Lipinski definition) is 5. The minimum Gasteiger partial charge on any atom is -0.466 e. The second-order valence-electron chi connectivity index (χ2n) is 8.32. The maximum Gasteiger partial charge on any atom is 0.311 e. The Morgan fingerprint density at radius 1 is 0.938 bits per heavy atom. The Hall–Kier alpha value is -3.35. The quantitative estimate of drug-likeness (QED) is 0.676. The highest BCUT2D eigenvalue weighted by molar-refractivity contribution is 5.99. The zero-order valence-corrected chi connectivity index (χ0v) is 18.6. The van der Waals surface area contributed by atoms with E-state index in [9.17, 15) is 14.4 Å². The second-order valence-corrected chi connectivity index (χ2v) is 8.32. The van der Waals surface area contributed by atoms with Crippen molar-refractivity contribution in [2.24, 2.45) is 5.92 Å². The van der Waals surface area contributed by atoms with E-state index >= 15 is 0 Å². The van der Waals surface area contributed by atoms with E-state index < -0.39 is 5.92 Å². The lowest BCUT2D eigenvalue weighted by molar-refractivity contribution is -0.147. The van der Waals surface area contributed by atoms with Crippen molar-refractivity contribution in [2.75, 3.05) is 49.1 Å². The molecule has 4 rings (SSSR count). The SMILES string of the molecule is CCOC(=O)[C@H]1CC(=O)N(c2ccc(N3CCN(C(=O)c4ccc(C)cc4)CC3)cc2)C1. The van der Waals surface area contributed by atoms with Gasteiger partial charge in [0.2, 0.25) is 5.91 Å². The van der Waals surface area contributed by atoms with Crippen molar-refractivity contribution < 1.29 is 19.1 Å². The maximum atomic E-state index is 12.7. The van der Waals surface area contributed by atoms with E-state index in [0.717, 1.165) is 35.6 Å². The van der Waals surface area contributed by atoms with E-state index in [1.165, 1.54) is 0 Å². The Morgan fingerprint density at radius 2 is 1.56 bits per heavy atom. The average Bonchev–Trinajstić information content (AvgIpc) is 3.21. The molecule has 0 N–H and O–H groups in total. The lowest BCUT2D eigenvalue weighted by Crippen LogP contribution is -2.48. The molecule has 2 saturated heterocycles. The van der Waals surface area contributed by atoms with Gasteiger partial charge in [0.25, 0.3) is 5.91 Å². The predicted molar refractivity (Wildman–Crippen MR) is 123 cm³/mol. The fraction of sp³-hybridized carbons (Fsp3) is 0.400. The van der Waals surface area contributed by atoms with Gasteiger partial charge in [0.1, 0.15) is 0 Å². The molecule has 0 aliphatic carbocycles. The van der Waals surface area contributed by atoms with Gasteiger partial charge in [-0.15, -0.1) is 0 Å². The maximum absolute atomic E-state index is 12.7. The summed E-state index contributed by atoms with van der Waals surface area (Å²) in [6.45, 7) is 7.30. The predicted octanol–water partition coefficient (Wildman–Crippen LogP) is 2.87. The van der Waals surface area contributed by atoms with Crippen molar-refractivity contribution in [3.8, 4) is 0 Å². The molecule has 2 aromatic carbocycles. The van der Waals surface area contributed by atoms with Crippen LogP contribution >= 0.6 is 0 Å². The van der Waals surface area contributed by atoms with Gasteiger partial charge in [-0.05, 0) is 50.2 Å². The fourth-order valence-electron chi connectivity index (χ4n) is 4.26. The van der Waals surface area contributed by atoms with Crippen LogP contribution in [0.3, 0.4) is 0 Å². The molecule has 32 heavy (non-hydrogen) atoms. The molecular formula is C25H29N3O4. The molecule has 7 heteroatoms. The molecule has 2 aromatic rings.